The Morgan fingerprint density at radius 1 is 1.15 bits per heavy atom. The zero-order chi connectivity index (χ0) is 13.9. The number of nitrogens with zero attached hydrogens (tertiary/aromatic N) is 3. The Balaban J connectivity index is 1.87. The van der Waals surface area contributed by atoms with E-state index in [9.17, 15) is 9.18 Å². The molecule has 2 aromatic rings. The summed E-state index contributed by atoms with van der Waals surface area (Å²) in [5, 5.41) is 0. The number of piperidine rings is 1. The maximum absolute atomic E-state index is 13.4. The summed E-state index contributed by atoms with van der Waals surface area (Å²) < 4.78 is 15.0. The maximum atomic E-state index is 13.4. The number of halogens is 1. The molecule has 2 heterocycles. The molecule has 1 saturated heterocycles. The molecule has 0 aliphatic carbocycles. The monoisotopic (exact) mass is 275 g/mol. The summed E-state index contributed by atoms with van der Waals surface area (Å²) in [4.78, 5) is 18.4. The number of aromatic nitrogens is 2. The van der Waals surface area contributed by atoms with Crippen LogP contribution in [0.4, 0.5) is 4.39 Å². The summed E-state index contributed by atoms with van der Waals surface area (Å²) in [6.45, 7) is 3.59. The molecule has 106 valence electrons. The Bertz CT molecular complexity index is 662. The molecule has 0 spiro atoms. The van der Waals surface area contributed by atoms with Gasteiger partial charge in [0.2, 0.25) is 0 Å². The van der Waals surface area contributed by atoms with Gasteiger partial charge in [0.1, 0.15) is 5.82 Å². The fourth-order valence-corrected chi connectivity index (χ4v) is 2.79. The van der Waals surface area contributed by atoms with E-state index in [-0.39, 0.29) is 11.4 Å². The predicted octanol–water partition coefficient (Wildman–Crippen LogP) is 2.02. The molecule has 1 aliphatic heterocycles. The van der Waals surface area contributed by atoms with Crippen LogP contribution in [0.3, 0.4) is 0 Å². The number of benzene rings is 1. The molecule has 0 atom stereocenters. The average Bonchev–Trinajstić information content (AvgIpc) is 2.47. The topological polar surface area (TPSA) is 38.1 Å². The first-order chi connectivity index (χ1) is 9.74. The van der Waals surface area contributed by atoms with Gasteiger partial charge in [0.05, 0.1) is 17.2 Å². The van der Waals surface area contributed by atoms with Gasteiger partial charge in [-0.3, -0.25) is 4.79 Å². The van der Waals surface area contributed by atoms with E-state index in [1.165, 1.54) is 37.6 Å². The molecule has 5 heteroatoms. The van der Waals surface area contributed by atoms with Gasteiger partial charge in [0.25, 0.3) is 5.56 Å². The lowest BCUT2D eigenvalue weighted by atomic mass is 10.1. The Labute approximate surface area is 116 Å². The van der Waals surface area contributed by atoms with Crippen molar-refractivity contribution in [3.63, 3.8) is 0 Å². The molecule has 1 aromatic heterocycles. The van der Waals surface area contributed by atoms with E-state index in [0.29, 0.717) is 17.6 Å². The summed E-state index contributed by atoms with van der Waals surface area (Å²) >= 11 is 0. The summed E-state index contributed by atoms with van der Waals surface area (Å²) in [5.74, 6) is -0.336. The standard InChI is InChI=1S/C15H18FN3O/c16-12-4-5-13-14(10-12)19(15(20)11-17-13)9-8-18-6-2-1-3-7-18/h4-5,10-11H,1-3,6-9H2. The summed E-state index contributed by atoms with van der Waals surface area (Å²) in [6, 6.07) is 4.37. The van der Waals surface area contributed by atoms with Crippen molar-refractivity contribution in [3.8, 4) is 0 Å². The maximum Gasteiger partial charge on any atom is 0.269 e. The molecule has 0 N–H and O–H groups in total. The molecule has 0 unspecified atom stereocenters. The molecule has 0 radical (unpaired) electrons. The predicted molar refractivity (Wildman–Crippen MR) is 76.3 cm³/mol. The van der Waals surface area contributed by atoms with Crippen molar-refractivity contribution in [2.75, 3.05) is 19.6 Å². The lowest BCUT2D eigenvalue weighted by Crippen LogP contribution is -2.34. The zero-order valence-electron chi connectivity index (χ0n) is 11.4. The second-order valence-electron chi connectivity index (χ2n) is 5.28. The number of fused-ring (bicyclic) bond motifs is 1. The summed E-state index contributed by atoms with van der Waals surface area (Å²) in [5.41, 5.74) is 1.07. The second-order valence-corrected chi connectivity index (χ2v) is 5.28. The first-order valence-electron chi connectivity index (χ1n) is 7.11. The van der Waals surface area contributed by atoms with Gasteiger partial charge >= 0.3 is 0 Å². The van der Waals surface area contributed by atoms with Gasteiger partial charge in [-0.15, -0.1) is 0 Å². The SMILES string of the molecule is O=c1cnc2ccc(F)cc2n1CCN1CCCCC1. The molecule has 3 rings (SSSR count). The molecule has 1 fully saturated rings. The molecule has 0 saturated carbocycles. The van der Waals surface area contributed by atoms with Gasteiger partial charge < -0.3 is 9.47 Å². The molecular weight excluding hydrogens is 257 g/mol. The third-order valence-electron chi connectivity index (χ3n) is 3.90. The zero-order valence-corrected chi connectivity index (χ0v) is 11.4. The molecule has 1 aromatic carbocycles. The average molecular weight is 275 g/mol. The lowest BCUT2D eigenvalue weighted by Gasteiger charge is -2.26. The Kier molecular flexibility index (Phi) is 3.78. The minimum Gasteiger partial charge on any atom is -0.304 e. The summed E-state index contributed by atoms with van der Waals surface area (Å²) in [7, 11) is 0. The van der Waals surface area contributed by atoms with E-state index in [2.05, 4.69) is 9.88 Å². The van der Waals surface area contributed by atoms with E-state index >= 15 is 0 Å². The minimum atomic E-state index is -0.336. The van der Waals surface area contributed by atoms with Gasteiger partial charge in [-0.1, -0.05) is 6.42 Å². The van der Waals surface area contributed by atoms with E-state index in [1.807, 2.05) is 0 Å². The fraction of sp³-hybridized carbons (Fsp3) is 0.467. The van der Waals surface area contributed by atoms with Gasteiger partial charge in [-0.25, -0.2) is 9.37 Å². The van der Waals surface area contributed by atoms with Crippen molar-refractivity contribution in [1.82, 2.24) is 14.5 Å². The Morgan fingerprint density at radius 2 is 1.95 bits per heavy atom. The molecule has 0 bridgehead atoms. The number of likely N-dealkylation sites (tertiary alicyclic amines) is 1. The van der Waals surface area contributed by atoms with Crippen molar-refractivity contribution in [2.45, 2.75) is 25.8 Å². The van der Waals surface area contributed by atoms with Crippen LogP contribution in [-0.4, -0.2) is 34.1 Å². The molecule has 1 aliphatic rings. The van der Waals surface area contributed by atoms with Crippen molar-refractivity contribution in [1.29, 1.82) is 0 Å². The van der Waals surface area contributed by atoms with Crippen molar-refractivity contribution in [2.24, 2.45) is 0 Å². The van der Waals surface area contributed by atoms with Crippen molar-refractivity contribution in [3.05, 3.63) is 40.6 Å². The van der Waals surface area contributed by atoms with Crippen LogP contribution in [-0.2, 0) is 6.54 Å². The molecule has 20 heavy (non-hydrogen) atoms. The third kappa shape index (κ3) is 2.72. The summed E-state index contributed by atoms with van der Waals surface area (Å²) in [6.07, 6.45) is 5.05. The highest BCUT2D eigenvalue weighted by Crippen LogP contribution is 2.12. The van der Waals surface area contributed by atoms with Crippen molar-refractivity contribution >= 4 is 11.0 Å². The van der Waals surface area contributed by atoms with Crippen LogP contribution in [0, 0.1) is 5.82 Å². The first kappa shape index (κ1) is 13.2. The van der Waals surface area contributed by atoms with Crippen LogP contribution in [0.2, 0.25) is 0 Å². The van der Waals surface area contributed by atoms with Crippen molar-refractivity contribution < 1.29 is 4.39 Å². The van der Waals surface area contributed by atoms with E-state index < -0.39 is 0 Å². The van der Waals surface area contributed by atoms with Gasteiger partial charge in [-0.2, -0.15) is 0 Å². The second kappa shape index (κ2) is 5.71. The normalized spacial score (nSPS) is 16.6. The van der Waals surface area contributed by atoms with E-state index in [1.54, 1.807) is 10.6 Å². The minimum absolute atomic E-state index is 0.167. The van der Waals surface area contributed by atoms with Crippen LogP contribution in [0.5, 0.6) is 0 Å². The van der Waals surface area contributed by atoms with E-state index in [0.717, 1.165) is 19.6 Å². The fourth-order valence-electron chi connectivity index (χ4n) is 2.79. The third-order valence-corrected chi connectivity index (χ3v) is 3.90. The molecule has 4 nitrogen and oxygen atoms in total. The highest BCUT2D eigenvalue weighted by atomic mass is 19.1. The van der Waals surface area contributed by atoms with Gasteiger partial charge in [0.15, 0.2) is 0 Å². The van der Waals surface area contributed by atoms with Crippen LogP contribution < -0.4 is 5.56 Å². The molecule has 0 amide bonds. The van der Waals surface area contributed by atoms with Gasteiger partial charge in [-0.05, 0) is 44.1 Å². The largest absolute Gasteiger partial charge is 0.304 e. The molecular formula is C15H18FN3O. The smallest absolute Gasteiger partial charge is 0.269 e. The van der Waals surface area contributed by atoms with Crippen LogP contribution >= 0.6 is 0 Å². The lowest BCUT2D eigenvalue weighted by molar-refractivity contribution is 0.221. The number of rotatable bonds is 3. The van der Waals surface area contributed by atoms with Crippen LogP contribution in [0.25, 0.3) is 11.0 Å². The Morgan fingerprint density at radius 3 is 2.75 bits per heavy atom. The Hall–Kier alpha value is -1.75. The van der Waals surface area contributed by atoms with Gasteiger partial charge in [0, 0.05) is 13.1 Å². The quantitative estimate of drug-likeness (QED) is 0.860. The van der Waals surface area contributed by atoms with Crippen LogP contribution in [0.15, 0.2) is 29.2 Å². The first-order valence-corrected chi connectivity index (χ1v) is 7.11. The van der Waals surface area contributed by atoms with Crippen LogP contribution in [0.1, 0.15) is 19.3 Å². The number of hydrogen-bond donors (Lipinski definition) is 0. The number of hydrogen-bond acceptors (Lipinski definition) is 3. The van der Waals surface area contributed by atoms with E-state index in [4.69, 9.17) is 0 Å². The highest BCUT2D eigenvalue weighted by Gasteiger charge is 2.11. The highest BCUT2D eigenvalue weighted by molar-refractivity contribution is 5.74.